The number of nitrogens with zero attached hydrogens (tertiary/aromatic N) is 3. The summed E-state index contributed by atoms with van der Waals surface area (Å²) >= 11 is 0. The lowest BCUT2D eigenvalue weighted by atomic mass is 10.1. The minimum absolute atomic E-state index is 0.0155. The fourth-order valence-electron chi connectivity index (χ4n) is 1.83. The van der Waals surface area contributed by atoms with Crippen molar-refractivity contribution in [3.05, 3.63) is 57.9 Å². The first kappa shape index (κ1) is 14.7. The van der Waals surface area contributed by atoms with Crippen LogP contribution in [0.3, 0.4) is 0 Å². The number of nitro groups is 1. The highest BCUT2D eigenvalue weighted by Crippen LogP contribution is 2.13. The van der Waals surface area contributed by atoms with Crippen LogP contribution in [0.1, 0.15) is 17.2 Å². The van der Waals surface area contributed by atoms with Crippen molar-refractivity contribution in [2.24, 2.45) is 12.8 Å². The minimum atomic E-state index is -0.822. The fourth-order valence-corrected chi connectivity index (χ4v) is 1.83. The molecule has 0 spiro atoms. The number of amides is 1. The Morgan fingerprint density at radius 3 is 2.95 bits per heavy atom. The summed E-state index contributed by atoms with van der Waals surface area (Å²) in [5.41, 5.74) is 7.05. The second-order valence-corrected chi connectivity index (χ2v) is 4.57. The summed E-state index contributed by atoms with van der Waals surface area (Å²) in [5, 5.41) is 17.3. The van der Waals surface area contributed by atoms with Gasteiger partial charge in [0.05, 0.1) is 11.1 Å². The van der Waals surface area contributed by atoms with Crippen LogP contribution in [0.25, 0.3) is 0 Å². The molecule has 0 fully saturated rings. The van der Waals surface area contributed by atoms with Gasteiger partial charge in [0.1, 0.15) is 6.04 Å². The molecule has 1 aromatic heterocycles. The van der Waals surface area contributed by atoms with Crippen LogP contribution in [0, 0.1) is 10.1 Å². The van der Waals surface area contributed by atoms with E-state index in [4.69, 9.17) is 5.73 Å². The Morgan fingerprint density at radius 2 is 2.33 bits per heavy atom. The second-order valence-electron chi connectivity index (χ2n) is 4.57. The highest BCUT2D eigenvalue weighted by atomic mass is 16.6. The van der Waals surface area contributed by atoms with E-state index in [-0.39, 0.29) is 18.1 Å². The molecular formula is C13H15N5O3. The van der Waals surface area contributed by atoms with Crippen LogP contribution < -0.4 is 11.1 Å². The van der Waals surface area contributed by atoms with Crippen LogP contribution in [-0.2, 0) is 18.4 Å². The number of carbonyl (C=O) groups excluding carboxylic acids is 1. The van der Waals surface area contributed by atoms with Crippen LogP contribution >= 0.6 is 0 Å². The van der Waals surface area contributed by atoms with Gasteiger partial charge in [-0.05, 0) is 5.56 Å². The number of nitrogens with one attached hydrogen (secondary N) is 1. The first-order valence-electron chi connectivity index (χ1n) is 6.22. The molecular weight excluding hydrogens is 274 g/mol. The molecule has 1 aromatic carbocycles. The van der Waals surface area contributed by atoms with Gasteiger partial charge in [-0.25, -0.2) is 0 Å². The maximum absolute atomic E-state index is 11.9. The number of aryl methyl sites for hydroxylation is 1. The molecule has 0 aliphatic heterocycles. The van der Waals surface area contributed by atoms with Gasteiger partial charge in [0.2, 0.25) is 5.91 Å². The molecule has 0 aliphatic rings. The Bertz CT molecular complexity index is 667. The Labute approximate surface area is 120 Å². The number of non-ortho nitro benzene ring substituents is 1. The molecule has 8 nitrogen and oxygen atoms in total. The van der Waals surface area contributed by atoms with Gasteiger partial charge >= 0.3 is 0 Å². The molecule has 1 atom stereocenters. The highest BCUT2D eigenvalue weighted by Gasteiger charge is 2.17. The Hall–Kier alpha value is -2.74. The molecule has 0 saturated heterocycles. The summed E-state index contributed by atoms with van der Waals surface area (Å²) in [7, 11) is 1.73. The van der Waals surface area contributed by atoms with Crippen molar-refractivity contribution in [2.75, 3.05) is 0 Å². The predicted octanol–water partition coefficient (Wildman–Crippen LogP) is 0.644. The zero-order valence-corrected chi connectivity index (χ0v) is 11.4. The lowest BCUT2D eigenvalue weighted by Gasteiger charge is -2.10. The van der Waals surface area contributed by atoms with Gasteiger partial charge in [0.15, 0.2) is 0 Å². The van der Waals surface area contributed by atoms with Gasteiger partial charge < -0.3 is 11.1 Å². The van der Waals surface area contributed by atoms with E-state index in [0.29, 0.717) is 11.1 Å². The molecule has 1 unspecified atom stereocenters. The smallest absolute Gasteiger partial charge is 0.269 e. The second kappa shape index (κ2) is 6.14. The quantitative estimate of drug-likeness (QED) is 0.619. The number of aromatic nitrogens is 2. The Kier molecular flexibility index (Phi) is 4.29. The van der Waals surface area contributed by atoms with E-state index >= 15 is 0 Å². The minimum Gasteiger partial charge on any atom is -0.350 e. The van der Waals surface area contributed by atoms with E-state index in [2.05, 4.69) is 10.4 Å². The number of carbonyl (C=O) groups is 1. The molecule has 0 radical (unpaired) electrons. The van der Waals surface area contributed by atoms with Crippen LogP contribution in [0.15, 0.2) is 36.7 Å². The van der Waals surface area contributed by atoms with E-state index in [1.807, 2.05) is 0 Å². The molecule has 0 bridgehead atoms. The summed E-state index contributed by atoms with van der Waals surface area (Å²) in [6.45, 7) is 0.175. The molecule has 2 rings (SSSR count). The molecule has 110 valence electrons. The van der Waals surface area contributed by atoms with Gasteiger partial charge in [0.25, 0.3) is 5.69 Å². The van der Waals surface area contributed by atoms with Gasteiger partial charge in [-0.2, -0.15) is 5.10 Å². The summed E-state index contributed by atoms with van der Waals surface area (Å²) in [4.78, 5) is 22.1. The van der Waals surface area contributed by atoms with Crippen molar-refractivity contribution in [3.63, 3.8) is 0 Å². The third kappa shape index (κ3) is 3.63. The number of nitrogens with two attached hydrogens (primary N) is 1. The largest absolute Gasteiger partial charge is 0.350 e. The normalized spacial score (nSPS) is 11.9. The monoisotopic (exact) mass is 289 g/mol. The molecule has 8 heteroatoms. The van der Waals surface area contributed by atoms with E-state index < -0.39 is 11.0 Å². The molecule has 0 aliphatic carbocycles. The number of hydrogen-bond acceptors (Lipinski definition) is 5. The summed E-state index contributed by atoms with van der Waals surface area (Å²) in [5.74, 6) is -0.366. The van der Waals surface area contributed by atoms with Crippen molar-refractivity contribution in [1.82, 2.24) is 15.1 Å². The SMILES string of the molecule is Cn1cc(C(N)C(=O)NCc2cccc([N+](=O)[O-])c2)cn1. The summed E-state index contributed by atoms with van der Waals surface area (Å²) < 4.78 is 1.56. The van der Waals surface area contributed by atoms with E-state index in [1.165, 1.54) is 18.3 Å². The third-order valence-corrected chi connectivity index (χ3v) is 2.95. The Balaban J connectivity index is 1.97. The van der Waals surface area contributed by atoms with Crippen molar-refractivity contribution in [3.8, 4) is 0 Å². The third-order valence-electron chi connectivity index (χ3n) is 2.95. The highest BCUT2D eigenvalue weighted by molar-refractivity contribution is 5.82. The molecule has 2 aromatic rings. The number of nitro benzene ring substituents is 1. The summed E-state index contributed by atoms with van der Waals surface area (Å²) in [6.07, 6.45) is 3.19. The molecule has 3 N–H and O–H groups in total. The van der Waals surface area contributed by atoms with Crippen LogP contribution in [0.5, 0.6) is 0 Å². The maximum atomic E-state index is 11.9. The average Bonchev–Trinajstić information content (AvgIpc) is 2.90. The van der Waals surface area contributed by atoms with Crippen molar-refractivity contribution in [1.29, 1.82) is 0 Å². The van der Waals surface area contributed by atoms with Crippen LogP contribution in [0.2, 0.25) is 0 Å². The lowest BCUT2D eigenvalue weighted by Crippen LogP contribution is -2.33. The van der Waals surface area contributed by atoms with Crippen LogP contribution in [-0.4, -0.2) is 20.6 Å². The lowest BCUT2D eigenvalue weighted by molar-refractivity contribution is -0.384. The average molecular weight is 289 g/mol. The standard InChI is InChI=1S/C13H15N5O3/c1-17-8-10(7-16-17)12(14)13(19)15-6-9-3-2-4-11(5-9)18(20)21/h2-5,7-8,12H,6,14H2,1H3,(H,15,19). The number of hydrogen-bond donors (Lipinski definition) is 2. The summed E-state index contributed by atoms with van der Waals surface area (Å²) in [6, 6.07) is 5.25. The zero-order chi connectivity index (χ0) is 15.4. The topological polar surface area (TPSA) is 116 Å². The van der Waals surface area contributed by atoms with Crippen LogP contribution in [0.4, 0.5) is 5.69 Å². The molecule has 0 saturated carbocycles. The molecule has 1 amide bonds. The zero-order valence-electron chi connectivity index (χ0n) is 11.4. The fraction of sp³-hybridized carbons (Fsp3) is 0.231. The molecule has 1 heterocycles. The van der Waals surface area contributed by atoms with Crippen molar-refractivity contribution < 1.29 is 9.72 Å². The van der Waals surface area contributed by atoms with Gasteiger partial charge in [-0.15, -0.1) is 0 Å². The van der Waals surface area contributed by atoms with Gasteiger partial charge in [0, 0.05) is 37.5 Å². The van der Waals surface area contributed by atoms with Crippen molar-refractivity contribution in [2.45, 2.75) is 12.6 Å². The predicted molar refractivity (Wildman–Crippen MR) is 75.1 cm³/mol. The van der Waals surface area contributed by atoms with E-state index in [9.17, 15) is 14.9 Å². The number of benzene rings is 1. The first-order valence-corrected chi connectivity index (χ1v) is 6.22. The van der Waals surface area contributed by atoms with E-state index in [1.54, 1.807) is 30.1 Å². The van der Waals surface area contributed by atoms with Gasteiger partial charge in [-0.1, -0.05) is 12.1 Å². The maximum Gasteiger partial charge on any atom is 0.269 e. The van der Waals surface area contributed by atoms with E-state index in [0.717, 1.165) is 0 Å². The first-order chi connectivity index (χ1) is 9.97. The van der Waals surface area contributed by atoms with Gasteiger partial charge in [-0.3, -0.25) is 19.6 Å². The Morgan fingerprint density at radius 1 is 1.57 bits per heavy atom. The number of rotatable bonds is 5. The molecule has 21 heavy (non-hydrogen) atoms. The van der Waals surface area contributed by atoms with Crippen molar-refractivity contribution >= 4 is 11.6 Å².